The van der Waals surface area contributed by atoms with Gasteiger partial charge in [0, 0.05) is 39.3 Å². The van der Waals surface area contributed by atoms with Gasteiger partial charge in [0.15, 0.2) is 0 Å². The first-order valence-electron chi connectivity index (χ1n) is 16.8. The zero-order valence-corrected chi connectivity index (χ0v) is 32.1. The van der Waals surface area contributed by atoms with Gasteiger partial charge in [-0.25, -0.2) is 0 Å². The predicted molar refractivity (Wildman–Crippen MR) is 201 cm³/mol. The van der Waals surface area contributed by atoms with Crippen LogP contribution in [0.3, 0.4) is 0 Å². The van der Waals surface area contributed by atoms with Crippen molar-refractivity contribution in [2.45, 2.75) is 59.1 Å². The van der Waals surface area contributed by atoms with Gasteiger partial charge in [-0.1, -0.05) is 118 Å². The van der Waals surface area contributed by atoms with Gasteiger partial charge in [-0.2, -0.15) is 0 Å². The molecule has 0 aliphatic rings. The largest absolute Gasteiger partial charge is 0.501 e. The molecule has 0 saturated carbocycles. The average molecular weight is 824 g/mol. The molecule has 3 nitrogen and oxygen atoms in total. The summed E-state index contributed by atoms with van der Waals surface area (Å²) in [6, 6.07) is 41.5. The molecule has 4 aromatic carbocycles. The minimum Gasteiger partial charge on any atom is -0.501 e. The second-order valence-electron chi connectivity index (χ2n) is 13.5. The minimum absolute atomic E-state index is 0. The van der Waals surface area contributed by atoms with Crippen LogP contribution in [0.25, 0.3) is 55.6 Å². The van der Waals surface area contributed by atoms with Crippen molar-refractivity contribution in [2.24, 2.45) is 0 Å². The molecule has 0 aliphatic heterocycles. The molecule has 0 spiro atoms. The van der Waals surface area contributed by atoms with Gasteiger partial charge in [-0.15, -0.1) is 54.1 Å². The van der Waals surface area contributed by atoms with Crippen LogP contribution in [0.4, 0.5) is 0 Å². The summed E-state index contributed by atoms with van der Waals surface area (Å²) in [5.74, 6) is -0.160. The number of hydrogen-bond acceptors (Lipinski definition) is 3. The Bertz CT molecular complexity index is 2180. The van der Waals surface area contributed by atoms with Crippen molar-refractivity contribution < 1.29 is 25.9 Å². The summed E-state index contributed by atoms with van der Waals surface area (Å²) >= 11 is 0. The maximum absolute atomic E-state index is 8.44. The number of fused-ring (bicyclic) bond motifs is 3. The fraction of sp³-hybridized carbons (Fsp3) is 0.209. The molecular formula is C43H42IrN2OSi-2. The van der Waals surface area contributed by atoms with Crippen LogP contribution in [-0.2, 0) is 20.1 Å². The molecule has 7 rings (SSSR count). The van der Waals surface area contributed by atoms with Gasteiger partial charge < -0.3 is 14.4 Å². The van der Waals surface area contributed by atoms with Gasteiger partial charge in [0.1, 0.15) is 5.58 Å². The van der Waals surface area contributed by atoms with E-state index in [9.17, 15) is 0 Å². The first kappa shape index (κ1) is 33.7. The van der Waals surface area contributed by atoms with Crippen LogP contribution in [0.15, 0.2) is 120 Å². The van der Waals surface area contributed by atoms with Crippen molar-refractivity contribution in [3.8, 4) is 33.6 Å². The van der Waals surface area contributed by atoms with E-state index in [1.54, 1.807) is 0 Å². The second-order valence-corrected chi connectivity index (χ2v) is 18.6. The van der Waals surface area contributed by atoms with Crippen molar-refractivity contribution >= 4 is 35.2 Å². The molecule has 3 aromatic heterocycles. The van der Waals surface area contributed by atoms with Crippen LogP contribution in [-0.4, -0.2) is 18.0 Å². The SMILES string of the molecule is CC(C)c1ccnc(-c2[c-]ccc3c2oc2ccc(-c4ccccc4)cc23)c1.[2H]C(C)(C)c1cc(-c2[c-]cccc2)ncc1[Si](C)(C)C.[Ir]. The van der Waals surface area contributed by atoms with Crippen LogP contribution < -0.4 is 5.19 Å². The van der Waals surface area contributed by atoms with Crippen molar-refractivity contribution in [1.29, 1.82) is 0 Å². The Labute approximate surface area is 301 Å². The third-order valence-corrected chi connectivity index (χ3v) is 10.5. The zero-order chi connectivity index (χ0) is 34.1. The summed E-state index contributed by atoms with van der Waals surface area (Å²) < 4.78 is 14.7. The molecule has 0 fully saturated rings. The summed E-state index contributed by atoms with van der Waals surface area (Å²) in [4.78, 5) is 9.20. The maximum Gasteiger partial charge on any atom is 0.120 e. The number of hydrogen-bond donors (Lipinski definition) is 0. The van der Waals surface area contributed by atoms with Crippen molar-refractivity contribution in [2.75, 3.05) is 0 Å². The molecule has 0 N–H and O–H groups in total. The Balaban J connectivity index is 0.000000199. The fourth-order valence-corrected chi connectivity index (χ4v) is 7.43. The fourth-order valence-electron chi connectivity index (χ4n) is 5.85. The van der Waals surface area contributed by atoms with Crippen LogP contribution in [0.5, 0.6) is 0 Å². The van der Waals surface area contributed by atoms with E-state index in [-0.39, 0.29) is 20.1 Å². The van der Waals surface area contributed by atoms with Gasteiger partial charge in [0.25, 0.3) is 0 Å². The Hall–Kier alpha value is -4.15. The van der Waals surface area contributed by atoms with E-state index >= 15 is 0 Å². The Morgan fingerprint density at radius 2 is 1.50 bits per heavy atom. The molecule has 0 atom stereocenters. The first-order valence-corrected chi connectivity index (χ1v) is 19.8. The molecule has 3 heterocycles. The second kappa shape index (κ2) is 14.9. The third-order valence-electron chi connectivity index (χ3n) is 8.48. The molecule has 0 bridgehead atoms. The number of nitrogens with zero attached hydrogens (tertiary/aromatic N) is 2. The smallest absolute Gasteiger partial charge is 0.120 e. The molecule has 245 valence electrons. The predicted octanol–water partition coefficient (Wildman–Crippen LogP) is 11.5. The molecule has 5 heteroatoms. The van der Waals surface area contributed by atoms with E-state index in [0.717, 1.165) is 50.0 Å². The summed E-state index contributed by atoms with van der Waals surface area (Å²) in [5, 5.41) is 3.49. The van der Waals surface area contributed by atoms with E-state index in [1.165, 1.54) is 21.9 Å². The van der Waals surface area contributed by atoms with Gasteiger partial charge in [0.2, 0.25) is 0 Å². The maximum atomic E-state index is 8.44. The number of furan rings is 1. The average Bonchev–Trinajstić information content (AvgIpc) is 3.46. The monoisotopic (exact) mass is 824 g/mol. The first-order chi connectivity index (χ1) is 22.9. The third kappa shape index (κ3) is 7.60. The summed E-state index contributed by atoms with van der Waals surface area (Å²) in [5.41, 5.74) is 10.2. The number of benzene rings is 4. The Morgan fingerprint density at radius 3 is 2.19 bits per heavy atom. The van der Waals surface area contributed by atoms with Crippen LogP contribution in [0.2, 0.25) is 19.6 Å². The van der Waals surface area contributed by atoms with Gasteiger partial charge in [-0.05, 0) is 57.7 Å². The van der Waals surface area contributed by atoms with E-state index < -0.39 is 14.0 Å². The quantitative estimate of drug-likeness (QED) is 0.124. The topological polar surface area (TPSA) is 38.9 Å². The minimum atomic E-state index is -1.50. The van der Waals surface area contributed by atoms with E-state index in [1.807, 2.05) is 62.6 Å². The zero-order valence-electron chi connectivity index (χ0n) is 29.7. The van der Waals surface area contributed by atoms with Crippen LogP contribution in [0.1, 0.15) is 52.0 Å². The van der Waals surface area contributed by atoms with Gasteiger partial charge in [0.05, 0.1) is 13.7 Å². The summed E-state index contributed by atoms with van der Waals surface area (Å²) in [6.07, 6.45) is 3.85. The Kier molecular flexibility index (Phi) is 10.5. The normalized spacial score (nSPS) is 12.0. The Morgan fingerprint density at radius 1 is 0.729 bits per heavy atom. The van der Waals surface area contributed by atoms with E-state index in [2.05, 4.69) is 122 Å². The van der Waals surface area contributed by atoms with Crippen LogP contribution in [0, 0.1) is 12.1 Å². The molecule has 0 unspecified atom stereocenters. The number of aromatic nitrogens is 2. The summed E-state index contributed by atoms with van der Waals surface area (Å²) in [7, 11) is -1.50. The van der Waals surface area contributed by atoms with Crippen molar-refractivity contribution in [3.63, 3.8) is 0 Å². The molecule has 0 aliphatic carbocycles. The molecule has 0 amide bonds. The van der Waals surface area contributed by atoms with Crippen molar-refractivity contribution in [1.82, 2.24) is 9.97 Å². The molecule has 0 saturated heterocycles. The standard InChI is InChI=1S/C26H20NO.C17H22NSi.Ir/c1-17(2)19-13-14-27-24(16-19)22-10-6-9-21-23-15-20(18-7-4-3-5-8-18)11-12-25(23)28-26(21)22;1-13(2)15-11-16(14-9-7-6-8-10-14)18-12-17(15)19(3,4)5;/h3-9,11-17H,1-2H3;6-9,11-13H,1-5H3;/q2*-1;/i;13D;. The molecule has 7 aromatic rings. The number of pyridine rings is 2. The molecule has 1 radical (unpaired) electrons. The molecular weight excluding hydrogens is 781 g/mol. The van der Waals surface area contributed by atoms with E-state index in [0.29, 0.717) is 5.92 Å². The molecule has 48 heavy (non-hydrogen) atoms. The van der Waals surface area contributed by atoms with Crippen molar-refractivity contribution in [3.05, 3.63) is 139 Å². The van der Waals surface area contributed by atoms with E-state index in [4.69, 9.17) is 5.79 Å². The van der Waals surface area contributed by atoms with Gasteiger partial charge >= 0.3 is 0 Å². The number of rotatable bonds is 6. The van der Waals surface area contributed by atoms with Gasteiger partial charge in [-0.3, -0.25) is 0 Å². The van der Waals surface area contributed by atoms with Crippen LogP contribution >= 0.6 is 0 Å². The summed E-state index contributed by atoms with van der Waals surface area (Å²) in [6.45, 7) is 15.2.